The maximum Gasteiger partial charge on any atom is 0.317 e. The van der Waals surface area contributed by atoms with Crippen molar-refractivity contribution in [1.82, 2.24) is 10.2 Å². The first-order valence-corrected chi connectivity index (χ1v) is 7.33. The van der Waals surface area contributed by atoms with Crippen molar-refractivity contribution in [2.45, 2.75) is 19.9 Å². The second-order valence-corrected chi connectivity index (χ2v) is 5.45. The number of hydrogen-bond acceptors (Lipinski definition) is 1. The molecule has 0 aliphatic rings. The van der Waals surface area contributed by atoms with Crippen LogP contribution >= 0.6 is 0 Å². The first-order chi connectivity index (χ1) is 10.5. The van der Waals surface area contributed by atoms with Gasteiger partial charge in [-0.25, -0.2) is 9.18 Å². The zero-order valence-electron chi connectivity index (χ0n) is 13.0. The van der Waals surface area contributed by atoms with E-state index in [1.807, 2.05) is 31.2 Å². The molecule has 22 heavy (non-hydrogen) atoms. The molecule has 0 aliphatic heterocycles. The van der Waals surface area contributed by atoms with E-state index in [0.717, 1.165) is 11.1 Å². The second-order valence-electron chi connectivity index (χ2n) is 5.45. The molecule has 0 aromatic heterocycles. The Morgan fingerprint density at radius 3 is 2.27 bits per heavy atom. The zero-order chi connectivity index (χ0) is 15.9. The van der Waals surface area contributed by atoms with Crippen molar-refractivity contribution in [2.24, 2.45) is 0 Å². The van der Waals surface area contributed by atoms with Crippen molar-refractivity contribution >= 4 is 6.03 Å². The van der Waals surface area contributed by atoms with E-state index >= 15 is 0 Å². The fourth-order valence-corrected chi connectivity index (χ4v) is 2.14. The topological polar surface area (TPSA) is 32.3 Å². The highest BCUT2D eigenvalue weighted by Crippen LogP contribution is 2.06. The third-order valence-corrected chi connectivity index (χ3v) is 3.49. The summed E-state index contributed by atoms with van der Waals surface area (Å²) in [7, 11) is 1.77. The molecule has 1 N–H and O–H groups in total. The van der Waals surface area contributed by atoms with Crippen LogP contribution in [0.2, 0.25) is 0 Å². The summed E-state index contributed by atoms with van der Waals surface area (Å²) in [4.78, 5) is 13.7. The number of amides is 2. The first kappa shape index (κ1) is 16.0. The van der Waals surface area contributed by atoms with Crippen LogP contribution in [-0.2, 0) is 13.0 Å². The molecule has 0 fully saturated rings. The lowest BCUT2D eigenvalue weighted by atomic mass is 10.1. The molecule has 0 atom stereocenters. The lowest BCUT2D eigenvalue weighted by Crippen LogP contribution is -2.37. The Morgan fingerprint density at radius 2 is 1.64 bits per heavy atom. The van der Waals surface area contributed by atoms with Crippen LogP contribution < -0.4 is 5.32 Å². The van der Waals surface area contributed by atoms with E-state index in [2.05, 4.69) is 5.32 Å². The molecule has 2 amide bonds. The van der Waals surface area contributed by atoms with Crippen LogP contribution in [0.1, 0.15) is 16.7 Å². The summed E-state index contributed by atoms with van der Waals surface area (Å²) < 4.78 is 12.8. The van der Waals surface area contributed by atoms with Crippen LogP contribution in [0.3, 0.4) is 0 Å². The average Bonchev–Trinajstić information content (AvgIpc) is 2.51. The Labute approximate surface area is 130 Å². The van der Waals surface area contributed by atoms with E-state index in [9.17, 15) is 9.18 Å². The van der Waals surface area contributed by atoms with Gasteiger partial charge in [-0.2, -0.15) is 0 Å². The molecule has 0 bridgehead atoms. The Morgan fingerprint density at radius 1 is 1.05 bits per heavy atom. The molecular formula is C18H21FN2O. The molecule has 116 valence electrons. The molecule has 0 aliphatic carbocycles. The molecule has 2 rings (SSSR count). The number of carbonyl (C=O) groups is 1. The van der Waals surface area contributed by atoms with Crippen LogP contribution in [0.15, 0.2) is 48.5 Å². The van der Waals surface area contributed by atoms with Gasteiger partial charge >= 0.3 is 6.03 Å². The molecule has 0 saturated heterocycles. The van der Waals surface area contributed by atoms with Crippen molar-refractivity contribution in [1.29, 1.82) is 0 Å². The van der Waals surface area contributed by atoms with Crippen molar-refractivity contribution in [3.63, 3.8) is 0 Å². The van der Waals surface area contributed by atoms with Gasteiger partial charge in [-0.05, 0) is 36.6 Å². The molecule has 4 heteroatoms. The number of nitrogens with one attached hydrogen (secondary N) is 1. The highest BCUT2D eigenvalue weighted by molar-refractivity contribution is 5.73. The molecular weight excluding hydrogens is 279 g/mol. The summed E-state index contributed by atoms with van der Waals surface area (Å²) in [5.41, 5.74) is 3.31. The summed E-state index contributed by atoms with van der Waals surface area (Å²) in [6.07, 6.45) is 0.685. The number of rotatable bonds is 5. The molecule has 0 spiro atoms. The van der Waals surface area contributed by atoms with E-state index in [0.29, 0.717) is 19.5 Å². The Hall–Kier alpha value is -2.36. The summed E-state index contributed by atoms with van der Waals surface area (Å²) in [6, 6.07) is 14.3. The van der Waals surface area contributed by atoms with Gasteiger partial charge in [-0.15, -0.1) is 0 Å². The van der Waals surface area contributed by atoms with Crippen LogP contribution in [0.4, 0.5) is 9.18 Å². The van der Waals surface area contributed by atoms with Crippen molar-refractivity contribution in [2.75, 3.05) is 13.6 Å². The number of carbonyl (C=O) groups excluding carboxylic acids is 1. The maximum absolute atomic E-state index is 12.8. The molecule has 2 aromatic rings. The lowest BCUT2D eigenvalue weighted by Gasteiger charge is -2.18. The number of nitrogens with zero attached hydrogens (tertiary/aromatic N) is 1. The van der Waals surface area contributed by atoms with E-state index in [1.165, 1.54) is 17.7 Å². The van der Waals surface area contributed by atoms with E-state index in [4.69, 9.17) is 0 Å². The lowest BCUT2D eigenvalue weighted by molar-refractivity contribution is 0.207. The quantitative estimate of drug-likeness (QED) is 0.900. The van der Waals surface area contributed by atoms with E-state index in [1.54, 1.807) is 24.1 Å². The fourth-order valence-electron chi connectivity index (χ4n) is 2.14. The van der Waals surface area contributed by atoms with Gasteiger partial charge in [0.2, 0.25) is 0 Å². The van der Waals surface area contributed by atoms with Gasteiger partial charge in [-0.3, -0.25) is 0 Å². The minimum atomic E-state index is -0.245. The second kappa shape index (κ2) is 7.59. The molecule has 0 radical (unpaired) electrons. The van der Waals surface area contributed by atoms with Crippen molar-refractivity contribution in [3.05, 3.63) is 71.0 Å². The predicted molar refractivity (Wildman–Crippen MR) is 86.1 cm³/mol. The molecule has 2 aromatic carbocycles. The summed E-state index contributed by atoms with van der Waals surface area (Å²) in [5.74, 6) is -0.245. The normalized spacial score (nSPS) is 10.3. The molecule has 0 saturated carbocycles. The fraction of sp³-hybridized carbons (Fsp3) is 0.278. The SMILES string of the molecule is Cc1ccc(CN(C)C(=O)NCCc2ccc(F)cc2)cc1. The van der Waals surface area contributed by atoms with Crippen molar-refractivity contribution in [3.8, 4) is 0 Å². The smallest absolute Gasteiger partial charge is 0.317 e. The third-order valence-electron chi connectivity index (χ3n) is 3.49. The highest BCUT2D eigenvalue weighted by atomic mass is 19.1. The van der Waals surface area contributed by atoms with Gasteiger partial charge in [0.15, 0.2) is 0 Å². The van der Waals surface area contributed by atoms with Crippen LogP contribution in [0.5, 0.6) is 0 Å². The van der Waals surface area contributed by atoms with Gasteiger partial charge in [0, 0.05) is 20.1 Å². The number of urea groups is 1. The summed E-state index contributed by atoms with van der Waals surface area (Å²) in [5, 5.41) is 2.87. The monoisotopic (exact) mass is 300 g/mol. The van der Waals surface area contributed by atoms with Gasteiger partial charge in [0.05, 0.1) is 0 Å². The number of aryl methyl sites for hydroxylation is 1. The summed E-state index contributed by atoms with van der Waals surface area (Å²) in [6.45, 7) is 3.14. The van der Waals surface area contributed by atoms with E-state index < -0.39 is 0 Å². The van der Waals surface area contributed by atoms with E-state index in [-0.39, 0.29) is 11.8 Å². The largest absolute Gasteiger partial charge is 0.338 e. The average molecular weight is 300 g/mol. The van der Waals surface area contributed by atoms with Gasteiger partial charge in [0.25, 0.3) is 0 Å². The number of hydrogen-bond donors (Lipinski definition) is 1. The first-order valence-electron chi connectivity index (χ1n) is 7.33. The van der Waals surface area contributed by atoms with Crippen LogP contribution in [-0.4, -0.2) is 24.5 Å². The third kappa shape index (κ3) is 4.88. The standard InChI is InChI=1S/C18H21FN2O/c1-14-3-5-16(6-4-14)13-21(2)18(22)20-12-11-15-7-9-17(19)10-8-15/h3-10H,11-13H2,1-2H3,(H,20,22). The Kier molecular flexibility index (Phi) is 5.53. The number of benzene rings is 2. The number of halogens is 1. The Balaban J connectivity index is 1.76. The molecule has 0 unspecified atom stereocenters. The molecule has 3 nitrogen and oxygen atoms in total. The molecule has 0 heterocycles. The highest BCUT2D eigenvalue weighted by Gasteiger charge is 2.08. The van der Waals surface area contributed by atoms with Crippen LogP contribution in [0, 0.1) is 12.7 Å². The van der Waals surface area contributed by atoms with Gasteiger partial charge in [-0.1, -0.05) is 42.0 Å². The maximum atomic E-state index is 12.8. The summed E-state index contributed by atoms with van der Waals surface area (Å²) >= 11 is 0. The van der Waals surface area contributed by atoms with Gasteiger partial charge < -0.3 is 10.2 Å². The van der Waals surface area contributed by atoms with Crippen LogP contribution in [0.25, 0.3) is 0 Å². The van der Waals surface area contributed by atoms with Crippen molar-refractivity contribution < 1.29 is 9.18 Å². The minimum absolute atomic E-state index is 0.109. The zero-order valence-corrected chi connectivity index (χ0v) is 13.0. The van der Waals surface area contributed by atoms with Gasteiger partial charge in [0.1, 0.15) is 5.82 Å². The Bertz CT molecular complexity index is 608. The predicted octanol–water partition coefficient (Wildman–Crippen LogP) is 3.52. The minimum Gasteiger partial charge on any atom is -0.338 e.